The van der Waals surface area contributed by atoms with Gasteiger partial charge in [0, 0.05) is 18.9 Å². The number of thiocarbonyl (C=S) groups is 1. The average molecular weight is 1110 g/mol. The Balaban J connectivity index is 0.000000245. The summed E-state index contributed by atoms with van der Waals surface area (Å²) in [4.78, 5) is 20.3. The summed E-state index contributed by atoms with van der Waals surface area (Å²) in [6, 6.07) is 62.1. The largest absolute Gasteiger partial charge is 0.416 e. The predicted octanol–water partition coefficient (Wildman–Crippen LogP) is 16.9. The Morgan fingerprint density at radius 1 is 0.550 bits per heavy atom. The normalized spacial score (nSPS) is 12.8. The number of halogens is 6. The molecule has 1 amide bonds. The summed E-state index contributed by atoms with van der Waals surface area (Å²) in [5, 5.41) is 17.9. The molecule has 7 rings (SSSR count). The third kappa shape index (κ3) is 19.3. The van der Waals surface area contributed by atoms with E-state index >= 15 is 0 Å². The number of benzene rings is 7. The zero-order valence-electron chi connectivity index (χ0n) is 46.9. The van der Waals surface area contributed by atoms with Gasteiger partial charge in [-0.25, -0.2) is 0 Å². The first-order chi connectivity index (χ1) is 37.6. The van der Waals surface area contributed by atoms with Crippen molar-refractivity contribution in [3.8, 4) is 6.07 Å². The van der Waals surface area contributed by atoms with Gasteiger partial charge in [0.15, 0.2) is 5.11 Å². The van der Waals surface area contributed by atoms with E-state index in [-0.39, 0.29) is 46.0 Å². The van der Waals surface area contributed by atoms with Crippen molar-refractivity contribution in [2.75, 3.05) is 12.4 Å². The number of likely N-dealkylation sites (N-methyl/N-ethyl adjacent to an activating group) is 1. The highest BCUT2D eigenvalue weighted by molar-refractivity contribution is 7.80. The molecule has 80 heavy (non-hydrogen) atoms. The van der Waals surface area contributed by atoms with Crippen molar-refractivity contribution in [1.82, 2.24) is 15.5 Å². The number of hydrogen-bond acceptors (Lipinski definition) is 5. The van der Waals surface area contributed by atoms with Crippen LogP contribution in [0.2, 0.25) is 0 Å². The molecule has 0 aliphatic heterocycles. The minimum Gasteiger partial charge on any atom is -0.350 e. The standard InChI is InChI=1S/C29H29F6N3OS.C19H22N2.C18H21N/c1-27(2,3)24(25(39)38(4)23(18-11-7-5-8-12-18)19-13-9-6-10-14-19)37-26(40)36-22-16-20(28(30,31)32)15-21(17-22)29(33,34)35;1-19(2,3)17(14-20)21-18(15-10-6-4-7-11-15)16-12-8-5-9-13-16;1-18(2,3)14-19-17(15-10-6-4-7-11-15)16-12-8-5-9-13-16/h5-17,23-24H,1-4H3,(H2,36,37,40);4-13,17-18,21H,1-3H3;4-14,17H,1-3H3/t24-;17-;/m10./s1. The second-order valence-electron chi connectivity index (χ2n) is 22.6. The van der Waals surface area contributed by atoms with Crippen LogP contribution in [0.25, 0.3) is 0 Å². The molecule has 0 saturated carbocycles. The number of anilines is 1. The molecule has 0 radical (unpaired) electrons. The number of carbonyl (C=O) groups is 1. The molecule has 0 bridgehead atoms. The van der Waals surface area contributed by atoms with Crippen molar-refractivity contribution in [3.63, 3.8) is 0 Å². The Labute approximate surface area is 474 Å². The Morgan fingerprint density at radius 2 is 0.900 bits per heavy atom. The molecule has 2 atom stereocenters. The molecule has 0 aliphatic rings. The van der Waals surface area contributed by atoms with E-state index < -0.39 is 46.7 Å². The van der Waals surface area contributed by atoms with Crippen LogP contribution < -0.4 is 16.0 Å². The van der Waals surface area contributed by atoms with E-state index in [1.54, 1.807) is 32.7 Å². The topological polar surface area (TPSA) is 92.6 Å². The highest BCUT2D eigenvalue weighted by Crippen LogP contribution is 2.38. The highest BCUT2D eigenvalue weighted by Gasteiger charge is 2.39. The van der Waals surface area contributed by atoms with Gasteiger partial charge in [0.1, 0.15) is 12.1 Å². The summed E-state index contributed by atoms with van der Waals surface area (Å²) < 4.78 is 79.8. The monoisotopic (exact) mass is 1110 g/mol. The maximum atomic E-state index is 13.9. The Morgan fingerprint density at radius 3 is 1.21 bits per heavy atom. The fourth-order valence-corrected chi connectivity index (χ4v) is 8.71. The van der Waals surface area contributed by atoms with Crippen LogP contribution in [-0.2, 0) is 17.1 Å². The lowest BCUT2D eigenvalue weighted by Crippen LogP contribution is -2.55. The molecule has 3 N–H and O–H groups in total. The maximum Gasteiger partial charge on any atom is 0.416 e. The van der Waals surface area contributed by atoms with Crippen molar-refractivity contribution < 1.29 is 31.1 Å². The number of carbonyl (C=O) groups excluding carboxylic acids is 1. The molecule has 0 fully saturated rings. The smallest absolute Gasteiger partial charge is 0.350 e. The van der Waals surface area contributed by atoms with Crippen LogP contribution >= 0.6 is 12.2 Å². The van der Waals surface area contributed by atoms with E-state index in [1.165, 1.54) is 22.3 Å². The lowest BCUT2D eigenvalue weighted by atomic mass is 9.85. The number of nitrogens with zero attached hydrogens (tertiary/aromatic N) is 3. The number of amides is 1. The van der Waals surface area contributed by atoms with Gasteiger partial charge >= 0.3 is 12.4 Å². The Kier molecular flexibility index (Phi) is 22.1. The average Bonchev–Trinajstić information content (AvgIpc) is 3.44. The summed E-state index contributed by atoms with van der Waals surface area (Å²) in [6.45, 7) is 18.1. The van der Waals surface area contributed by atoms with Crippen LogP contribution in [0.5, 0.6) is 0 Å². The molecule has 7 nitrogen and oxygen atoms in total. The number of nitrogens with one attached hydrogen (secondary N) is 3. The summed E-state index contributed by atoms with van der Waals surface area (Å²) >= 11 is 5.26. The molecule has 0 aliphatic carbocycles. The van der Waals surface area contributed by atoms with Crippen molar-refractivity contribution >= 4 is 35.1 Å². The van der Waals surface area contributed by atoms with Gasteiger partial charge < -0.3 is 15.5 Å². The Bertz CT molecular complexity index is 2930. The molecule has 0 unspecified atom stereocenters. The minimum absolute atomic E-state index is 0.0243. The molecule has 0 spiro atoms. The fraction of sp³-hybridized carbons (Fsp3) is 0.303. The van der Waals surface area contributed by atoms with Gasteiger partial charge in [-0.3, -0.25) is 15.1 Å². The van der Waals surface area contributed by atoms with Gasteiger partial charge in [-0.15, -0.1) is 0 Å². The van der Waals surface area contributed by atoms with Gasteiger partial charge in [-0.2, -0.15) is 31.6 Å². The molecule has 7 aromatic carbocycles. The van der Waals surface area contributed by atoms with E-state index in [0.29, 0.717) is 12.1 Å². The van der Waals surface area contributed by atoms with Crippen molar-refractivity contribution in [1.29, 1.82) is 5.26 Å². The van der Waals surface area contributed by atoms with Gasteiger partial charge in [0.25, 0.3) is 0 Å². The van der Waals surface area contributed by atoms with Gasteiger partial charge in [0.05, 0.1) is 35.3 Å². The summed E-state index contributed by atoms with van der Waals surface area (Å²) in [7, 11) is 1.63. The third-order valence-electron chi connectivity index (χ3n) is 12.6. The lowest BCUT2D eigenvalue weighted by Gasteiger charge is -2.37. The SMILES string of the molecule is CC(C)(C)C=NC(c1ccccc1)c1ccccc1.CC(C)(C)[C@H](C#N)NC(c1ccccc1)c1ccccc1.CN(C(=O)[C@@H](NC(=S)Nc1cc(C(F)(F)F)cc(C(F)(F)F)c1)C(C)(C)C)C(c1ccccc1)c1ccccc1. The molecule has 0 saturated heterocycles. The minimum atomic E-state index is -5.01. The molecule has 420 valence electrons. The van der Waals surface area contributed by atoms with E-state index in [4.69, 9.17) is 17.2 Å². The second-order valence-corrected chi connectivity index (χ2v) is 23.0. The summed E-state index contributed by atoms with van der Waals surface area (Å²) in [5.74, 6) is -0.380. The van der Waals surface area contributed by atoms with Crippen molar-refractivity contribution in [2.45, 2.75) is 105 Å². The summed E-state index contributed by atoms with van der Waals surface area (Å²) in [6.07, 6.45) is -7.97. The van der Waals surface area contributed by atoms with Crippen LogP contribution in [0.15, 0.2) is 205 Å². The molecule has 0 heterocycles. The Hall–Kier alpha value is -7.60. The van der Waals surface area contributed by atoms with Crippen LogP contribution in [-0.4, -0.2) is 41.3 Å². The molecular weight excluding hydrogens is 1040 g/mol. The van der Waals surface area contributed by atoms with Crippen LogP contribution in [0.3, 0.4) is 0 Å². The second kappa shape index (κ2) is 28.0. The highest BCUT2D eigenvalue weighted by atomic mass is 32.1. The molecular formula is C66H72F6N6OS. The first kappa shape index (κ1) is 63.2. The predicted molar refractivity (Wildman–Crippen MR) is 316 cm³/mol. The van der Waals surface area contributed by atoms with Crippen LogP contribution in [0.4, 0.5) is 32.0 Å². The van der Waals surface area contributed by atoms with E-state index in [0.717, 1.165) is 11.1 Å². The number of alkyl halides is 6. The van der Waals surface area contributed by atoms with Gasteiger partial charge in [0.2, 0.25) is 5.91 Å². The van der Waals surface area contributed by atoms with E-state index in [2.05, 4.69) is 143 Å². The number of hydrogen-bond donors (Lipinski definition) is 3. The van der Waals surface area contributed by atoms with Gasteiger partial charge in [-0.05, 0) is 80.0 Å². The number of nitriles is 1. The van der Waals surface area contributed by atoms with E-state index in [1.807, 2.05) is 109 Å². The first-order valence-corrected chi connectivity index (χ1v) is 26.6. The fourth-order valence-electron chi connectivity index (χ4n) is 8.47. The van der Waals surface area contributed by atoms with E-state index in [9.17, 15) is 36.4 Å². The van der Waals surface area contributed by atoms with Crippen molar-refractivity contribution in [2.24, 2.45) is 21.2 Å². The van der Waals surface area contributed by atoms with Crippen LogP contribution in [0.1, 0.15) is 125 Å². The molecule has 0 aromatic heterocycles. The molecule has 7 aromatic rings. The zero-order chi connectivity index (χ0) is 58.9. The van der Waals surface area contributed by atoms with Gasteiger partial charge in [-0.1, -0.05) is 244 Å². The molecule has 14 heteroatoms. The third-order valence-corrected chi connectivity index (χ3v) is 12.9. The maximum absolute atomic E-state index is 13.9. The number of rotatable bonds is 13. The summed E-state index contributed by atoms with van der Waals surface area (Å²) in [5.41, 5.74) is 2.26. The first-order valence-electron chi connectivity index (χ1n) is 26.2. The van der Waals surface area contributed by atoms with Crippen LogP contribution in [0, 0.1) is 27.6 Å². The van der Waals surface area contributed by atoms with Crippen molar-refractivity contribution in [3.05, 3.63) is 245 Å². The zero-order valence-corrected chi connectivity index (χ0v) is 47.8. The number of aliphatic imine (C=N–C) groups is 1. The quantitative estimate of drug-likeness (QED) is 0.0605. The lowest BCUT2D eigenvalue weighted by molar-refractivity contribution is -0.143.